The smallest absolute Gasteiger partial charge is 0.145 e. The number of anilines is 1. The van der Waals surface area contributed by atoms with Crippen LogP contribution in [0, 0.1) is 0 Å². The van der Waals surface area contributed by atoms with Crippen LogP contribution < -0.4 is 5.32 Å². The second-order valence-electron chi connectivity index (χ2n) is 4.10. The maximum absolute atomic E-state index is 4.50. The van der Waals surface area contributed by atoms with Gasteiger partial charge in [-0.25, -0.2) is 4.98 Å². The van der Waals surface area contributed by atoms with Gasteiger partial charge in [-0.3, -0.25) is 4.98 Å². The molecule has 1 aromatic carbocycles. The van der Waals surface area contributed by atoms with E-state index in [0.29, 0.717) is 0 Å². The van der Waals surface area contributed by atoms with Crippen molar-refractivity contribution in [3.8, 4) is 0 Å². The van der Waals surface area contributed by atoms with Gasteiger partial charge < -0.3 is 10.3 Å². The normalized spacial score (nSPS) is 10.8. The number of H-pyrrole nitrogens is 1. The van der Waals surface area contributed by atoms with Gasteiger partial charge in [-0.05, 0) is 19.1 Å². The van der Waals surface area contributed by atoms with Crippen LogP contribution in [-0.4, -0.2) is 21.5 Å². The Morgan fingerprint density at radius 2 is 2.16 bits per heavy atom. The van der Waals surface area contributed by atoms with Crippen LogP contribution in [0.4, 0.5) is 5.82 Å². The Labute approximate surface area is 115 Å². The van der Waals surface area contributed by atoms with Crippen LogP contribution in [0.5, 0.6) is 0 Å². The molecule has 19 heavy (non-hydrogen) atoms. The Balaban J connectivity index is 1.85. The van der Waals surface area contributed by atoms with E-state index in [0.717, 1.165) is 27.9 Å². The number of nitrogens with one attached hydrogen (secondary N) is 2. The van der Waals surface area contributed by atoms with Crippen molar-refractivity contribution in [1.29, 1.82) is 0 Å². The highest BCUT2D eigenvalue weighted by Gasteiger charge is 2.04. The topological polar surface area (TPSA) is 53.6 Å². The van der Waals surface area contributed by atoms with Gasteiger partial charge >= 0.3 is 0 Å². The van der Waals surface area contributed by atoms with Crippen molar-refractivity contribution in [1.82, 2.24) is 15.0 Å². The summed E-state index contributed by atoms with van der Waals surface area (Å²) in [5, 5.41) is 6.33. The molecule has 0 aliphatic rings. The zero-order valence-corrected chi connectivity index (χ0v) is 11.4. The average Bonchev–Trinajstić information content (AvgIpc) is 2.81. The lowest BCUT2D eigenvalue weighted by Crippen LogP contribution is -2.00. The SMILES string of the molecule is CCNc1cncc(Sc2cc3ccccc3[nH]2)n1. The highest BCUT2D eigenvalue weighted by Crippen LogP contribution is 2.28. The second kappa shape index (κ2) is 5.32. The molecule has 0 amide bonds. The molecule has 2 heterocycles. The molecular formula is C14H14N4S. The number of nitrogens with zero attached hydrogens (tertiary/aromatic N) is 2. The summed E-state index contributed by atoms with van der Waals surface area (Å²) in [4.78, 5) is 12.1. The van der Waals surface area contributed by atoms with Crippen molar-refractivity contribution in [3.63, 3.8) is 0 Å². The predicted molar refractivity (Wildman–Crippen MR) is 78.6 cm³/mol. The summed E-state index contributed by atoms with van der Waals surface area (Å²) < 4.78 is 0. The van der Waals surface area contributed by atoms with Crippen molar-refractivity contribution >= 4 is 28.5 Å². The zero-order chi connectivity index (χ0) is 13.1. The van der Waals surface area contributed by atoms with E-state index < -0.39 is 0 Å². The summed E-state index contributed by atoms with van der Waals surface area (Å²) in [5.74, 6) is 0.809. The molecule has 0 saturated heterocycles. The molecular weight excluding hydrogens is 256 g/mol. The maximum atomic E-state index is 4.50. The van der Waals surface area contributed by atoms with Crippen LogP contribution in [0.2, 0.25) is 0 Å². The highest BCUT2D eigenvalue weighted by atomic mass is 32.2. The first kappa shape index (κ1) is 12.0. The Kier molecular flexibility index (Phi) is 3.37. The summed E-state index contributed by atoms with van der Waals surface area (Å²) >= 11 is 1.58. The third kappa shape index (κ3) is 2.71. The molecule has 0 unspecified atom stereocenters. The molecule has 2 aromatic heterocycles. The van der Waals surface area contributed by atoms with Gasteiger partial charge in [-0.1, -0.05) is 30.0 Å². The molecule has 0 spiro atoms. The van der Waals surface area contributed by atoms with Crippen LogP contribution in [-0.2, 0) is 0 Å². The number of para-hydroxylation sites is 1. The van der Waals surface area contributed by atoms with E-state index in [1.165, 1.54) is 5.39 Å². The van der Waals surface area contributed by atoms with E-state index in [2.05, 4.69) is 38.5 Å². The van der Waals surface area contributed by atoms with E-state index in [1.54, 1.807) is 24.2 Å². The van der Waals surface area contributed by atoms with Crippen molar-refractivity contribution < 1.29 is 0 Å². The Hall–Kier alpha value is -2.01. The average molecular weight is 270 g/mol. The molecule has 4 nitrogen and oxygen atoms in total. The van der Waals surface area contributed by atoms with Crippen LogP contribution in [0.15, 0.2) is 52.8 Å². The lowest BCUT2D eigenvalue weighted by molar-refractivity contribution is 1.03. The van der Waals surface area contributed by atoms with Gasteiger partial charge in [0.15, 0.2) is 0 Å². The van der Waals surface area contributed by atoms with Crippen molar-refractivity contribution in [2.75, 3.05) is 11.9 Å². The summed E-state index contributed by atoms with van der Waals surface area (Å²) in [5.41, 5.74) is 1.14. The molecule has 3 rings (SSSR count). The van der Waals surface area contributed by atoms with Crippen molar-refractivity contribution in [3.05, 3.63) is 42.7 Å². The van der Waals surface area contributed by atoms with Gasteiger partial charge in [-0.2, -0.15) is 0 Å². The summed E-state index contributed by atoms with van der Waals surface area (Å²) in [6.45, 7) is 2.88. The maximum Gasteiger partial charge on any atom is 0.145 e. The summed E-state index contributed by atoms with van der Waals surface area (Å²) in [6.07, 6.45) is 3.51. The van der Waals surface area contributed by atoms with Crippen LogP contribution in [0.25, 0.3) is 10.9 Å². The second-order valence-corrected chi connectivity index (χ2v) is 5.16. The van der Waals surface area contributed by atoms with Gasteiger partial charge in [0.1, 0.15) is 10.8 Å². The van der Waals surface area contributed by atoms with Crippen LogP contribution in [0.3, 0.4) is 0 Å². The van der Waals surface area contributed by atoms with Crippen LogP contribution >= 0.6 is 11.8 Å². The van der Waals surface area contributed by atoms with Gasteiger partial charge in [-0.15, -0.1) is 0 Å². The summed E-state index contributed by atoms with van der Waals surface area (Å²) in [7, 11) is 0. The van der Waals surface area contributed by atoms with E-state index in [1.807, 2.05) is 19.1 Å². The highest BCUT2D eigenvalue weighted by molar-refractivity contribution is 7.99. The fourth-order valence-electron chi connectivity index (χ4n) is 1.88. The van der Waals surface area contributed by atoms with Gasteiger partial charge in [0.05, 0.1) is 17.4 Å². The van der Waals surface area contributed by atoms with E-state index in [9.17, 15) is 0 Å². The molecule has 0 saturated carbocycles. The number of aromatic amines is 1. The fourth-order valence-corrected chi connectivity index (χ4v) is 2.71. The Morgan fingerprint density at radius 3 is 3.00 bits per heavy atom. The molecule has 0 aliphatic carbocycles. The largest absolute Gasteiger partial charge is 0.369 e. The molecule has 3 aromatic rings. The standard InChI is InChI=1S/C14H14N4S/c1-2-16-12-8-15-9-14(18-12)19-13-7-10-5-3-4-6-11(10)17-13/h3-9,17H,2H2,1H3,(H,16,18). The molecule has 0 atom stereocenters. The van der Waals surface area contributed by atoms with E-state index >= 15 is 0 Å². The third-order valence-corrected chi connectivity index (χ3v) is 3.54. The molecule has 5 heteroatoms. The summed E-state index contributed by atoms with van der Waals surface area (Å²) in [6, 6.07) is 10.4. The van der Waals surface area contributed by atoms with Gasteiger partial charge in [0.2, 0.25) is 0 Å². The Morgan fingerprint density at radius 1 is 1.26 bits per heavy atom. The van der Waals surface area contributed by atoms with Crippen molar-refractivity contribution in [2.45, 2.75) is 17.0 Å². The number of hydrogen-bond donors (Lipinski definition) is 2. The lowest BCUT2D eigenvalue weighted by Gasteiger charge is -2.03. The first-order valence-corrected chi connectivity index (χ1v) is 6.98. The molecule has 96 valence electrons. The Bertz CT molecular complexity index is 659. The lowest BCUT2D eigenvalue weighted by atomic mass is 10.3. The number of rotatable bonds is 4. The molecule has 0 radical (unpaired) electrons. The molecule has 0 fully saturated rings. The minimum Gasteiger partial charge on any atom is -0.369 e. The molecule has 2 N–H and O–H groups in total. The monoisotopic (exact) mass is 270 g/mol. The quantitative estimate of drug-likeness (QED) is 0.761. The first-order valence-electron chi connectivity index (χ1n) is 6.16. The third-order valence-electron chi connectivity index (χ3n) is 2.69. The minimum absolute atomic E-state index is 0.809. The van der Waals surface area contributed by atoms with E-state index in [4.69, 9.17) is 0 Å². The number of fused-ring (bicyclic) bond motifs is 1. The predicted octanol–water partition coefficient (Wildman–Crippen LogP) is 3.54. The molecule has 0 aliphatic heterocycles. The first-order chi connectivity index (χ1) is 9.35. The van der Waals surface area contributed by atoms with Crippen molar-refractivity contribution in [2.24, 2.45) is 0 Å². The number of hydrogen-bond acceptors (Lipinski definition) is 4. The van der Waals surface area contributed by atoms with Crippen LogP contribution in [0.1, 0.15) is 6.92 Å². The number of aromatic nitrogens is 3. The minimum atomic E-state index is 0.809. The van der Waals surface area contributed by atoms with Gasteiger partial charge in [0, 0.05) is 17.4 Å². The zero-order valence-electron chi connectivity index (χ0n) is 10.6. The fraction of sp³-hybridized carbons (Fsp3) is 0.143. The van der Waals surface area contributed by atoms with E-state index in [-0.39, 0.29) is 0 Å². The number of benzene rings is 1. The molecule has 0 bridgehead atoms. The van der Waals surface area contributed by atoms with Gasteiger partial charge in [0.25, 0.3) is 0 Å².